The minimum atomic E-state index is -0.868. The Morgan fingerprint density at radius 1 is 1.42 bits per heavy atom. The van der Waals surface area contributed by atoms with E-state index < -0.39 is 18.1 Å². The molecule has 0 saturated carbocycles. The number of hydrogen-bond acceptors (Lipinski definition) is 4. The van der Waals surface area contributed by atoms with Crippen molar-refractivity contribution in [1.29, 1.82) is 0 Å². The Morgan fingerprint density at radius 3 is 2.95 bits per heavy atom. The lowest BCUT2D eigenvalue weighted by Gasteiger charge is -2.23. The Hall–Kier alpha value is -1.59. The summed E-state index contributed by atoms with van der Waals surface area (Å²) in [4.78, 5) is 13.0. The van der Waals surface area contributed by atoms with E-state index in [1.807, 2.05) is 29.2 Å². The molecule has 1 fully saturated rings. The Kier molecular flexibility index (Phi) is 3.16. The van der Waals surface area contributed by atoms with Gasteiger partial charge in [-0.1, -0.05) is 18.2 Å². The van der Waals surface area contributed by atoms with Crippen LogP contribution in [0.2, 0.25) is 0 Å². The average Bonchev–Trinajstić information content (AvgIpc) is 2.92. The summed E-state index contributed by atoms with van der Waals surface area (Å²) in [5, 5.41) is 18.8. The lowest BCUT2D eigenvalue weighted by atomic mass is 10.1. The van der Waals surface area contributed by atoms with Gasteiger partial charge in [0, 0.05) is 25.9 Å². The number of para-hydroxylation sites is 1. The Bertz CT molecular complexity index is 465. The van der Waals surface area contributed by atoms with E-state index in [0.717, 1.165) is 12.2 Å². The first-order valence-electron chi connectivity index (χ1n) is 6.53. The van der Waals surface area contributed by atoms with Crippen molar-refractivity contribution in [3.63, 3.8) is 0 Å². The Balaban J connectivity index is 1.65. The smallest absolute Gasteiger partial charge is 0.321 e. The number of aliphatic hydroxyl groups excluding tert-OH is 1. The van der Waals surface area contributed by atoms with Crippen LogP contribution in [-0.2, 0) is 11.2 Å². The largest absolute Gasteiger partial charge is 0.488 e. The van der Waals surface area contributed by atoms with Gasteiger partial charge in [-0.05, 0) is 11.6 Å². The fourth-order valence-electron chi connectivity index (χ4n) is 2.96. The third kappa shape index (κ3) is 2.43. The number of β-amino-alcohol motifs (C(OH)–C–C–N with tert-alkyl or cyclic N) is 1. The van der Waals surface area contributed by atoms with E-state index in [1.54, 1.807) is 0 Å². The van der Waals surface area contributed by atoms with E-state index in [9.17, 15) is 9.90 Å². The molecule has 2 heterocycles. The van der Waals surface area contributed by atoms with E-state index in [0.29, 0.717) is 19.5 Å². The van der Waals surface area contributed by atoms with Crippen molar-refractivity contribution in [2.45, 2.75) is 31.1 Å². The fraction of sp³-hybridized carbons (Fsp3) is 0.500. The second kappa shape index (κ2) is 4.83. The van der Waals surface area contributed by atoms with Gasteiger partial charge in [0.05, 0.1) is 6.10 Å². The van der Waals surface area contributed by atoms with Crippen LogP contribution in [0.1, 0.15) is 12.0 Å². The second-order valence-electron chi connectivity index (χ2n) is 5.25. The molecule has 0 bridgehead atoms. The molecule has 0 aromatic heterocycles. The molecule has 5 heteroatoms. The summed E-state index contributed by atoms with van der Waals surface area (Å²) < 4.78 is 5.82. The highest BCUT2D eigenvalue weighted by Gasteiger charge is 2.38. The summed E-state index contributed by atoms with van der Waals surface area (Å²) in [6.07, 6.45) is 0.527. The third-order valence-electron chi connectivity index (χ3n) is 3.82. The summed E-state index contributed by atoms with van der Waals surface area (Å²) in [5.74, 6) is 0.0196. The molecule has 3 unspecified atom stereocenters. The zero-order valence-corrected chi connectivity index (χ0v) is 10.5. The van der Waals surface area contributed by atoms with Crippen molar-refractivity contribution in [3.8, 4) is 5.75 Å². The summed E-state index contributed by atoms with van der Waals surface area (Å²) in [6, 6.07) is 7.28. The van der Waals surface area contributed by atoms with Crippen LogP contribution in [-0.4, -0.2) is 52.4 Å². The van der Waals surface area contributed by atoms with E-state index >= 15 is 0 Å². The average molecular weight is 263 g/mol. The molecule has 0 spiro atoms. The predicted molar refractivity (Wildman–Crippen MR) is 68.2 cm³/mol. The number of benzene rings is 1. The molecule has 19 heavy (non-hydrogen) atoms. The van der Waals surface area contributed by atoms with Gasteiger partial charge < -0.3 is 14.9 Å². The molecule has 0 aliphatic carbocycles. The fourth-order valence-corrected chi connectivity index (χ4v) is 2.96. The van der Waals surface area contributed by atoms with E-state index in [4.69, 9.17) is 9.84 Å². The van der Waals surface area contributed by atoms with Gasteiger partial charge in [-0.3, -0.25) is 9.69 Å². The molecule has 2 aliphatic rings. The molecular weight excluding hydrogens is 246 g/mol. The molecule has 3 rings (SSSR count). The first-order chi connectivity index (χ1) is 9.13. The highest BCUT2D eigenvalue weighted by atomic mass is 16.5. The molecule has 2 N–H and O–H groups in total. The molecule has 1 aromatic rings. The molecule has 0 radical (unpaired) electrons. The quantitative estimate of drug-likeness (QED) is 0.831. The number of nitrogens with zero attached hydrogens (tertiary/aromatic N) is 1. The minimum absolute atomic E-state index is 0.0236. The van der Waals surface area contributed by atoms with Crippen molar-refractivity contribution in [2.24, 2.45) is 0 Å². The summed E-state index contributed by atoms with van der Waals surface area (Å²) in [7, 11) is 0. The van der Waals surface area contributed by atoms with E-state index in [-0.39, 0.29) is 6.10 Å². The number of carbonyl (C=O) groups is 1. The molecule has 0 amide bonds. The number of carboxylic acid groups (broad SMARTS) is 1. The number of hydrogen-bond donors (Lipinski definition) is 2. The van der Waals surface area contributed by atoms with Crippen molar-refractivity contribution < 1.29 is 19.7 Å². The van der Waals surface area contributed by atoms with Crippen LogP contribution in [0.5, 0.6) is 5.75 Å². The van der Waals surface area contributed by atoms with Gasteiger partial charge in [0.2, 0.25) is 0 Å². The van der Waals surface area contributed by atoms with E-state index in [2.05, 4.69) is 0 Å². The highest BCUT2D eigenvalue weighted by Crippen LogP contribution is 2.29. The molecule has 3 atom stereocenters. The van der Waals surface area contributed by atoms with Gasteiger partial charge in [0.1, 0.15) is 17.9 Å². The molecule has 2 aliphatic heterocycles. The molecule has 1 aromatic carbocycles. The number of rotatable bonds is 3. The minimum Gasteiger partial charge on any atom is -0.488 e. The van der Waals surface area contributed by atoms with Crippen molar-refractivity contribution in [2.75, 3.05) is 13.1 Å². The molecule has 1 saturated heterocycles. The van der Waals surface area contributed by atoms with Crippen LogP contribution in [0.15, 0.2) is 24.3 Å². The number of aliphatic carboxylic acids is 1. The number of fused-ring (bicyclic) bond motifs is 1. The van der Waals surface area contributed by atoms with Crippen molar-refractivity contribution in [1.82, 2.24) is 4.90 Å². The lowest BCUT2D eigenvalue weighted by Crippen LogP contribution is -2.42. The number of likely N-dealkylation sites (tertiary alicyclic amines) is 1. The molecule has 102 valence electrons. The molecular formula is C14H17NO4. The van der Waals surface area contributed by atoms with Gasteiger partial charge in [-0.15, -0.1) is 0 Å². The summed E-state index contributed by atoms with van der Waals surface area (Å²) in [6.45, 7) is 0.954. The van der Waals surface area contributed by atoms with Crippen LogP contribution in [0.25, 0.3) is 0 Å². The van der Waals surface area contributed by atoms with Gasteiger partial charge in [-0.2, -0.15) is 0 Å². The van der Waals surface area contributed by atoms with Crippen LogP contribution in [0.3, 0.4) is 0 Å². The van der Waals surface area contributed by atoms with Crippen LogP contribution < -0.4 is 4.74 Å². The topological polar surface area (TPSA) is 70.0 Å². The third-order valence-corrected chi connectivity index (χ3v) is 3.82. The molecule has 5 nitrogen and oxygen atoms in total. The Labute approximate surface area is 111 Å². The van der Waals surface area contributed by atoms with E-state index in [1.165, 1.54) is 5.56 Å². The SMILES string of the molecule is O=C(O)C1CC(O)CN1CC1Cc2ccccc2O1. The monoisotopic (exact) mass is 263 g/mol. The highest BCUT2D eigenvalue weighted by molar-refractivity contribution is 5.74. The maximum absolute atomic E-state index is 11.2. The summed E-state index contributed by atoms with van der Waals surface area (Å²) >= 11 is 0. The zero-order chi connectivity index (χ0) is 13.4. The van der Waals surface area contributed by atoms with Crippen LogP contribution in [0, 0.1) is 0 Å². The predicted octanol–water partition coefficient (Wildman–Crippen LogP) is 0.510. The normalized spacial score (nSPS) is 30.1. The number of aliphatic hydroxyl groups is 1. The van der Waals surface area contributed by atoms with Crippen LogP contribution >= 0.6 is 0 Å². The number of ether oxygens (including phenoxy) is 1. The van der Waals surface area contributed by atoms with Crippen molar-refractivity contribution >= 4 is 5.97 Å². The lowest BCUT2D eigenvalue weighted by molar-refractivity contribution is -0.142. The number of carboxylic acids is 1. The van der Waals surface area contributed by atoms with Gasteiger partial charge in [0.25, 0.3) is 0 Å². The zero-order valence-electron chi connectivity index (χ0n) is 10.5. The van der Waals surface area contributed by atoms with Crippen molar-refractivity contribution in [3.05, 3.63) is 29.8 Å². The van der Waals surface area contributed by atoms with Gasteiger partial charge in [0.15, 0.2) is 0 Å². The van der Waals surface area contributed by atoms with Gasteiger partial charge in [-0.25, -0.2) is 0 Å². The van der Waals surface area contributed by atoms with Crippen LogP contribution in [0.4, 0.5) is 0 Å². The maximum atomic E-state index is 11.2. The first-order valence-corrected chi connectivity index (χ1v) is 6.53. The first kappa shape index (κ1) is 12.4. The van der Waals surface area contributed by atoms with Gasteiger partial charge >= 0.3 is 5.97 Å². The standard InChI is InChI=1S/C14H17NO4/c16-10-6-12(14(17)18)15(7-10)8-11-5-9-3-1-2-4-13(9)19-11/h1-4,10-12,16H,5-8H2,(H,17,18). The second-order valence-corrected chi connectivity index (χ2v) is 5.25. The summed E-state index contributed by atoms with van der Waals surface area (Å²) in [5.41, 5.74) is 1.17. The Morgan fingerprint density at radius 2 is 2.21 bits per heavy atom. The maximum Gasteiger partial charge on any atom is 0.321 e.